The van der Waals surface area contributed by atoms with Gasteiger partial charge in [0.15, 0.2) is 0 Å². The van der Waals surface area contributed by atoms with Gasteiger partial charge in [0, 0.05) is 18.5 Å². The summed E-state index contributed by atoms with van der Waals surface area (Å²) < 4.78 is 6.46. The molecule has 2 heteroatoms. The van der Waals surface area contributed by atoms with Gasteiger partial charge in [-0.15, -0.1) is 0 Å². The molecule has 0 radical (unpaired) electrons. The van der Waals surface area contributed by atoms with E-state index in [-0.39, 0.29) is 6.10 Å². The minimum atomic E-state index is 0.0581. The molecular formula is C19H21NO. The molecule has 1 N–H and O–H groups in total. The Morgan fingerprint density at radius 3 is 1.81 bits per heavy atom. The van der Waals surface area contributed by atoms with Crippen LogP contribution in [-0.4, -0.2) is 19.2 Å². The van der Waals surface area contributed by atoms with E-state index in [4.69, 9.17) is 4.74 Å². The molecule has 4 rings (SSSR count). The number of nitrogens with one attached hydrogen (secondary N) is 1. The molecule has 1 spiro atoms. The standard InChI is InChI=1S/C19H21NO/c1-3-7-15(8-4-1)18(16-9-5-2-6-10-16)21-17-11-19(12-17)13-20-14-19/h1-10,17-18,20H,11-14H2. The summed E-state index contributed by atoms with van der Waals surface area (Å²) in [5.74, 6) is 0. The molecule has 0 bridgehead atoms. The minimum absolute atomic E-state index is 0.0581. The predicted octanol–water partition coefficient (Wildman–Crippen LogP) is 3.54. The Morgan fingerprint density at radius 2 is 1.38 bits per heavy atom. The molecule has 0 unspecified atom stereocenters. The third-order valence-electron chi connectivity index (χ3n) is 4.85. The van der Waals surface area contributed by atoms with Gasteiger partial charge in [-0.3, -0.25) is 0 Å². The van der Waals surface area contributed by atoms with Crippen molar-refractivity contribution in [1.82, 2.24) is 5.32 Å². The second kappa shape index (κ2) is 5.28. The molecule has 0 amide bonds. The highest BCUT2D eigenvalue weighted by Crippen LogP contribution is 2.47. The molecule has 2 aromatic carbocycles. The molecule has 108 valence electrons. The Balaban J connectivity index is 1.53. The number of hydrogen-bond acceptors (Lipinski definition) is 2. The van der Waals surface area contributed by atoms with E-state index in [1.807, 2.05) is 0 Å². The van der Waals surface area contributed by atoms with Crippen molar-refractivity contribution in [2.24, 2.45) is 5.41 Å². The molecule has 1 heterocycles. The zero-order valence-corrected chi connectivity index (χ0v) is 12.2. The maximum absolute atomic E-state index is 6.46. The number of ether oxygens (including phenoxy) is 1. The van der Waals surface area contributed by atoms with Crippen LogP contribution in [0.5, 0.6) is 0 Å². The van der Waals surface area contributed by atoms with E-state index in [0.717, 1.165) is 0 Å². The van der Waals surface area contributed by atoms with Crippen LogP contribution in [0.4, 0.5) is 0 Å². The fourth-order valence-corrected chi connectivity index (χ4v) is 3.57. The van der Waals surface area contributed by atoms with Gasteiger partial charge < -0.3 is 10.1 Å². The molecule has 2 aliphatic rings. The average molecular weight is 279 g/mol. The maximum atomic E-state index is 6.46. The summed E-state index contributed by atoms with van der Waals surface area (Å²) in [7, 11) is 0. The first-order valence-electron chi connectivity index (χ1n) is 7.81. The highest BCUT2D eigenvalue weighted by molar-refractivity contribution is 5.30. The monoisotopic (exact) mass is 279 g/mol. The van der Waals surface area contributed by atoms with Gasteiger partial charge in [-0.1, -0.05) is 60.7 Å². The van der Waals surface area contributed by atoms with Gasteiger partial charge in [-0.05, 0) is 24.0 Å². The van der Waals surface area contributed by atoms with Gasteiger partial charge >= 0.3 is 0 Å². The lowest BCUT2D eigenvalue weighted by Gasteiger charge is -2.54. The lowest BCUT2D eigenvalue weighted by molar-refractivity contribution is -0.123. The predicted molar refractivity (Wildman–Crippen MR) is 84.1 cm³/mol. The summed E-state index contributed by atoms with van der Waals surface area (Å²) in [6, 6.07) is 21.1. The van der Waals surface area contributed by atoms with Crippen molar-refractivity contribution in [2.75, 3.05) is 13.1 Å². The Morgan fingerprint density at radius 1 is 0.857 bits per heavy atom. The van der Waals surface area contributed by atoms with Crippen molar-refractivity contribution in [3.63, 3.8) is 0 Å². The molecule has 21 heavy (non-hydrogen) atoms. The van der Waals surface area contributed by atoms with Crippen molar-refractivity contribution in [3.05, 3.63) is 71.8 Å². The van der Waals surface area contributed by atoms with Crippen LogP contribution < -0.4 is 5.32 Å². The fourth-order valence-electron chi connectivity index (χ4n) is 3.57. The van der Waals surface area contributed by atoms with Crippen molar-refractivity contribution < 1.29 is 4.74 Å². The van der Waals surface area contributed by atoms with Crippen LogP contribution in [0.25, 0.3) is 0 Å². The third kappa shape index (κ3) is 2.50. The Kier molecular flexibility index (Phi) is 3.28. The summed E-state index contributed by atoms with van der Waals surface area (Å²) in [6.07, 6.45) is 2.87. The SMILES string of the molecule is c1ccc(C(OC2CC3(CNC3)C2)c2ccccc2)cc1. The van der Waals surface area contributed by atoms with E-state index in [9.17, 15) is 0 Å². The first-order valence-corrected chi connectivity index (χ1v) is 7.81. The van der Waals surface area contributed by atoms with Crippen LogP contribution in [0.2, 0.25) is 0 Å². The topological polar surface area (TPSA) is 21.3 Å². The summed E-state index contributed by atoms with van der Waals surface area (Å²) in [5.41, 5.74) is 3.05. The number of rotatable bonds is 4. The third-order valence-corrected chi connectivity index (χ3v) is 4.85. The van der Waals surface area contributed by atoms with Crippen molar-refractivity contribution in [1.29, 1.82) is 0 Å². The van der Waals surface area contributed by atoms with E-state index in [1.165, 1.54) is 37.1 Å². The quantitative estimate of drug-likeness (QED) is 0.924. The van der Waals surface area contributed by atoms with Crippen LogP contribution in [0.15, 0.2) is 60.7 Å². The Bertz CT molecular complexity index is 544. The number of benzene rings is 2. The lowest BCUT2D eigenvalue weighted by atomic mass is 9.63. The lowest BCUT2D eigenvalue weighted by Crippen LogP contribution is -2.62. The first-order chi connectivity index (χ1) is 10.3. The van der Waals surface area contributed by atoms with E-state index >= 15 is 0 Å². The molecule has 1 saturated heterocycles. The van der Waals surface area contributed by atoms with Crippen LogP contribution in [0.1, 0.15) is 30.1 Å². The second-order valence-electron chi connectivity index (χ2n) is 6.47. The van der Waals surface area contributed by atoms with Crippen LogP contribution in [-0.2, 0) is 4.74 Å². The van der Waals surface area contributed by atoms with Crippen LogP contribution in [0.3, 0.4) is 0 Å². The molecular weight excluding hydrogens is 258 g/mol. The molecule has 2 fully saturated rings. The molecule has 0 atom stereocenters. The number of hydrogen-bond donors (Lipinski definition) is 1. The molecule has 1 saturated carbocycles. The average Bonchev–Trinajstić information content (AvgIpc) is 2.46. The van der Waals surface area contributed by atoms with E-state index < -0.39 is 0 Å². The zero-order valence-electron chi connectivity index (χ0n) is 12.2. The van der Waals surface area contributed by atoms with Crippen molar-refractivity contribution >= 4 is 0 Å². The highest BCUT2D eigenvalue weighted by atomic mass is 16.5. The Hall–Kier alpha value is -1.64. The normalized spacial score (nSPS) is 20.2. The largest absolute Gasteiger partial charge is 0.366 e. The smallest absolute Gasteiger partial charge is 0.108 e. The summed E-state index contributed by atoms with van der Waals surface area (Å²) in [4.78, 5) is 0. The van der Waals surface area contributed by atoms with E-state index in [0.29, 0.717) is 11.5 Å². The van der Waals surface area contributed by atoms with E-state index in [1.54, 1.807) is 0 Å². The van der Waals surface area contributed by atoms with E-state index in [2.05, 4.69) is 66.0 Å². The van der Waals surface area contributed by atoms with Crippen LogP contribution >= 0.6 is 0 Å². The maximum Gasteiger partial charge on any atom is 0.108 e. The van der Waals surface area contributed by atoms with Gasteiger partial charge in [-0.25, -0.2) is 0 Å². The zero-order chi connectivity index (χ0) is 14.1. The van der Waals surface area contributed by atoms with Gasteiger partial charge in [0.25, 0.3) is 0 Å². The van der Waals surface area contributed by atoms with Crippen LogP contribution in [0, 0.1) is 5.41 Å². The summed E-state index contributed by atoms with van der Waals surface area (Å²) in [5, 5.41) is 3.39. The van der Waals surface area contributed by atoms with Gasteiger partial charge in [0.2, 0.25) is 0 Å². The van der Waals surface area contributed by atoms with Gasteiger partial charge in [0.05, 0.1) is 6.10 Å². The molecule has 0 aromatic heterocycles. The fraction of sp³-hybridized carbons (Fsp3) is 0.368. The van der Waals surface area contributed by atoms with Gasteiger partial charge in [0.1, 0.15) is 6.10 Å². The van der Waals surface area contributed by atoms with Crippen molar-refractivity contribution in [3.8, 4) is 0 Å². The first kappa shape index (κ1) is 13.1. The molecule has 2 nitrogen and oxygen atoms in total. The molecule has 1 aliphatic carbocycles. The minimum Gasteiger partial charge on any atom is -0.366 e. The summed E-state index contributed by atoms with van der Waals surface area (Å²) in [6.45, 7) is 2.35. The van der Waals surface area contributed by atoms with Gasteiger partial charge in [-0.2, -0.15) is 0 Å². The molecule has 1 aliphatic heterocycles. The van der Waals surface area contributed by atoms with Crippen molar-refractivity contribution in [2.45, 2.75) is 25.0 Å². The molecule has 2 aromatic rings. The highest BCUT2D eigenvalue weighted by Gasteiger charge is 2.49. The summed E-state index contributed by atoms with van der Waals surface area (Å²) >= 11 is 0. The second-order valence-corrected chi connectivity index (χ2v) is 6.47. The Labute approximate surface area is 126 Å².